The zero-order valence-corrected chi connectivity index (χ0v) is 14.4. The molecule has 2 aromatic rings. The zero-order valence-electron chi connectivity index (χ0n) is 13.6. The minimum absolute atomic E-state index is 0.102. The molecule has 0 fully saturated rings. The van der Waals surface area contributed by atoms with Gasteiger partial charge in [-0.25, -0.2) is 0 Å². The van der Waals surface area contributed by atoms with Gasteiger partial charge < -0.3 is 15.5 Å². The molecular weight excluding hydrogens is 322 g/mol. The van der Waals surface area contributed by atoms with Gasteiger partial charge in [0.05, 0.1) is 0 Å². The fourth-order valence-corrected chi connectivity index (χ4v) is 2.27. The predicted molar refractivity (Wildman–Crippen MR) is 100 cm³/mol. The zero-order chi connectivity index (χ0) is 17.5. The highest BCUT2D eigenvalue weighted by Gasteiger charge is 2.13. The highest BCUT2D eigenvalue weighted by atomic mass is 32.1. The highest BCUT2D eigenvalue weighted by molar-refractivity contribution is 7.80. The number of nitrogens with one attached hydrogen (secondary N) is 2. The molecule has 0 saturated carbocycles. The molecule has 0 atom stereocenters. The van der Waals surface area contributed by atoms with E-state index in [-0.39, 0.29) is 16.9 Å². The Kier molecular flexibility index (Phi) is 6.03. The Bertz CT molecular complexity index is 730. The van der Waals surface area contributed by atoms with Gasteiger partial charge in [0.2, 0.25) is 5.91 Å². The van der Waals surface area contributed by atoms with E-state index in [0.717, 1.165) is 5.69 Å². The Hall–Kier alpha value is -2.73. The van der Waals surface area contributed by atoms with E-state index in [1.54, 1.807) is 43.1 Å². The first-order chi connectivity index (χ1) is 11.5. The van der Waals surface area contributed by atoms with Crippen LogP contribution in [0.25, 0.3) is 0 Å². The summed E-state index contributed by atoms with van der Waals surface area (Å²) in [5.74, 6) is -0.251. The van der Waals surface area contributed by atoms with E-state index < -0.39 is 0 Å². The van der Waals surface area contributed by atoms with Crippen molar-refractivity contribution < 1.29 is 9.59 Å². The van der Waals surface area contributed by atoms with Crippen LogP contribution in [0.2, 0.25) is 0 Å². The maximum Gasteiger partial charge on any atom is 0.258 e. The maximum atomic E-state index is 12.5. The lowest BCUT2D eigenvalue weighted by molar-refractivity contribution is -0.119. The average molecular weight is 341 g/mol. The number of nitrogens with zero attached hydrogens (tertiary/aromatic N) is 1. The summed E-state index contributed by atoms with van der Waals surface area (Å²) in [4.78, 5) is 25.4. The fraction of sp³-hybridized carbons (Fsp3) is 0.167. The number of para-hydroxylation sites is 1. The minimum Gasteiger partial charge on any atom is -0.332 e. The van der Waals surface area contributed by atoms with Crippen LogP contribution in [-0.2, 0) is 4.79 Å². The van der Waals surface area contributed by atoms with Gasteiger partial charge in [0.1, 0.15) is 0 Å². The van der Waals surface area contributed by atoms with Crippen LogP contribution in [-0.4, -0.2) is 24.0 Å². The summed E-state index contributed by atoms with van der Waals surface area (Å²) in [6, 6.07) is 16.4. The number of carbonyl (C=O) groups excluding carboxylic acids is 2. The second-order valence-corrected chi connectivity index (χ2v) is 5.54. The van der Waals surface area contributed by atoms with Crippen LogP contribution in [0.4, 0.5) is 11.4 Å². The van der Waals surface area contributed by atoms with Gasteiger partial charge in [0.15, 0.2) is 5.11 Å². The first-order valence-electron chi connectivity index (χ1n) is 7.55. The van der Waals surface area contributed by atoms with Gasteiger partial charge in [0.25, 0.3) is 5.91 Å². The van der Waals surface area contributed by atoms with Crippen molar-refractivity contribution in [2.24, 2.45) is 0 Å². The van der Waals surface area contributed by atoms with E-state index in [2.05, 4.69) is 10.6 Å². The van der Waals surface area contributed by atoms with Crippen molar-refractivity contribution in [3.8, 4) is 0 Å². The first kappa shape index (κ1) is 17.6. The highest BCUT2D eigenvalue weighted by Crippen LogP contribution is 2.16. The summed E-state index contributed by atoms with van der Waals surface area (Å²) in [5, 5.41) is 5.71. The lowest BCUT2D eigenvalue weighted by Gasteiger charge is -2.17. The van der Waals surface area contributed by atoms with Gasteiger partial charge in [0, 0.05) is 30.4 Å². The third-order valence-corrected chi connectivity index (χ3v) is 3.62. The smallest absolute Gasteiger partial charge is 0.258 e. The molecule has 124 valence electrons. The topological polar surface area (TPSA) is 61.4 Å². The molecule has 2 N–H and O–H groups in total. The molecule has 2 amide bonds. The molecule has 0 unspecified atom stereocenters. The quantitative estimate of drug-likeness (QED) is 0.839. The van der Waals surface area contributed by atoms with Crippen LogP contribution in [0.5, 0.6) is 0 Å². The molecule has 0 aliphatic heterocycles. The van der Waals surface area contributed by atoms with E-state index in [9.17, 15) is 9.59 Å². The van der Waals surface area contributed by atoms with Gasteiger partial charge >= 0.3 is 0 Å². The molecule has 6 heteroatoms. The number of amides is 2. The maximum absolute atomic E-state index is 12.5. The molecule has 2 aromatic carbocycles. The molecular formula is C18H19N3O2S. The van der Waals surface area contributed by atoms with Crippen molar-refractivity contribution in [2.45, 2.75) is 13.3 Å². The second kappa shape index (κ2) is 8.21. The summed E-state index contributed by atoms with van der Waals surface area (Å²) >= 11 is 5.05. The molecule has 24 heavy (non-hydrogen) atoms. The normalized spacial score (nSPS) is 9.92. The van der Waals surface area contributed by atoms with Crippen LogP contribution < -0.4 is 15.5 Å². The van der Waals surface area contributed by atoms with Gasteiger partial charge in [-0.1, -0.05) is 25.1 Å². The summed E-state index contributed by atoms with van der Waals surface area (Å²) in [5.41, 5.74) is 2.10. The summed E-state index contributed by atoms with van der Waals surface area (Å²) in [6.45, 7) is 1.75. The Labute approximate surface area is 146 Å². The number of thiocarbonyl (C=S) groups is 1. The van der Waals surface area contributed by atoms with Gasteiger partial charge in [-0.15, -0.1) is 0 Å². The molecule has 0 heterocycles. The third kappa shape index (κ3) is 4.63. The summed E-state index contributed by atoms with van der Waals surface area (Å²) in [6.07, 6.45) is 0.362. The Morgan fingerprint density at radius 3 is 2.25 bits per heavy atom. The van der Waals surface area contributed by atoms with Crippen LogP contribution in [0.15, 0.2) is 54.6 Å². The number of hydrogen-bond donors (Lipinski definition) is 2. The van der Waals surface area contributed by atoms with Crippen molar-refractivity contribution in [3.63, 3.8) is 0 Å². The number of benzene rings is 2. The minimum atomic E-state index is -0.149. The SMILES string of the molecule is CCC(=O)NC(=S)Nc1ccc(C(=O)N(C)c2ccccc2)cc1. The molecule has 0 aromatic heterocycles. The largest absolute Gasteiger partial charge is 0.332 e. The predicted octanol–water partition coefficient (Wildman–Crippen LogP) is 3.19. The first-order valence-corrected chi connectivity index (χ1v) is 7.96. The van der Waals surface area contributed by atoms with Crippen molar-refractivity contribution in [1.82, 2.24) is 5.32 Å². The Balaban J connectivity index is 2.02. The van der Waals surface area contributed by atoms with E-state index in [0.29, 0.717) is 17.7 Å². The average Bonchev–Trinajstić information content (AvgIpc) is 2.61. The van der Waals surface area contributed by atoms with E-state index in [1.165, 1.54) is 0 Å². The molecule has 0 saturated heterocycles. The van der Waals surface area contributed by atoms with Gasteiger partial charge in [-0.05, 0) is 48.6 Å². The lowest BCUT2D eigenvalue weighted by Crippen LogP contribution is -2.33. The number of hydrogen-bond acceptors (Lipinski definition) is 3. The number of carbonyl (C=O) groups is 2. The Morgan fingerprint density at radius 1 is 1.04 bits per heavy atom. The number of anilines is 2. The van der Waals surface area contributed by atoms with Gasteiger partial charge in [-0.2, -0.15) is 0 Å². The summed E-state index contributed by atoms with van der Waals surface area (Å²) < 4.78 is 0. The van der Waals surface area contributed by atoms with Crippen molar-refractivity contribution in [2.75, 3.05) is 17.3 Å². The fourth-order valence-electron chi connectivity index (χ4n) is 2.04. The van der Waals surface area contributed by atoms with E-state index >= 15 is 0 Å². The second-order valence-electron chi connectivity index (χ2n) is 5.13. The van der Waals surface area contributed by atoms with Crippen molar-refractivity contribution >= 4 is 40.5 Å². The molecule has 0 spiro atoms. The third-order valence-electron chi connectivity index (χ3n) is 3.41. The molecule has 0 bridgehead atoms. The number of rotatable bonds is 4. The van der Waals surface area contributed by atoms with Crippen LogP contribution in [0.3, 0.4) is 0 Å². The van der Waals surface area contributed by atoms with Gasteiger partial charge in [-0.3, -0.25) is 9.59 Å². The van der Waals surface area contributed by atoms with Crippen molar-refractivity contribution in [1.29, 1.82) is 0 Å². The van der Waals surface area contributed by atoms with E-state index in [4.69, 9.17) is 12.2 Å². The van der Waals surface area contributed by atoms with Crippen LogP contribution in [0.1, 0.15) is 23.7 Å². The van der Waals surface area contributed by atoms with E-state index in [1.807, 2.05) is 30.3 Å². The van der Waals surface area contributed by atoms with Crippen molar-refractivity contribution in [3.05, 3.63) is 60.2 Å². The molecule has 0 aliphatic carbocycles. The Morgan fingerprint density at radius 2 is 1.67 bits per heavy atom. The summed E-state index contributed by atoms with van der Waals surface area (Å²) in [7, 11) is 1.74. The molecule has 5 nitrogen and oxygen atoms in total. The lowest BCUT2D eigenvalue weighted by atomic mass is 10.1. The molecule has 0 aliphatic rings. The molecule has 2 rings (SSSR count). The molecule has 0 radical (unpaired) electrons. The van der Waals surface area contributed by atoms with Crippen LogP contribution in [0, 0.1) is 0 Å². The van der Waals surface area contributed by atoms with Crippen LogP contribution >= 0.6 is 12.2 Å². The standard InChI is InChI=1S/C18H19N3O2S/c1-3-16(22)20-18(24)19-14-11-9-13(10-12-14)17(23)21(2)15-7-5-4-6-8-15/h4-12H,3H2,1-2H3,(H2,19,20,22,24). The monoisotopic (exact) mass is 341 g/mol.